The first-order valence-corrected chi connectivity index (χ1v) is 10.0. The Kier molecular flexibility index (Phi) is 7.65. The average molecular weight is 456 g/mol. The van der Waals surface area contributed by atoms with Crippen LogP contribution in [0.2, 0.25) is 10.0 Å². The van der Waals surface area contributed by atoms with E-state index in [9.17, 15) is 9.59 Å². The van der Waals surface area contributed by atoms with Crippen LogP contribution in [0.15, 0.2) is 71.8 Å². The summed E-state index contributed by atoms with van der Waals surface area (Å²) in [5.74, 6) is -1.06. The number of aryl methyl sites for hydroxylation is 1. The van der Waals surface area contributed by atoms with Crippen molar-refractivity contribution >= 4 is 46.9 Å². The normalized spacial score (nSPS) is 10.7. The first-order valence-electron chi connectivity index (χ1n) is 9.28. The van der Waals surface area contributed by atoms with Crippen molar-refractivity contribution in [3.05, 3.63) is 93.5 Å². The van der Waals surface area contributed by atoms with E-state index in [1.54, 1.807) is 48.5 Å². The zero-order valence-corrected chi connectivity index (χ0v) is 18.1. The minimum absolute atomic E-state index is 0.394. The van der Waals surface area contributed by atoms with Crippen molar-refractivity contribution in [3.8, 4) is 5.75 Å². The van der Waals surface area contributed by atoms with Gasteiger partial charge in [0.15, 0.2) is 0 Å². The largest absolute Gasteiger partial charge is 0.489 e. The smallest absolute Gasteiger partial charge is 0.329 e. The number of ether oxygens (including phenoxy) is 1. The van der Waals surface area contributed by atoms with Crippen molar-refractivity contribution in [1.29, 1.82) is 0 Å². The molecule has 0 aliphatic rings. The van der Waals surface area contributed by atoms with Crippen LogP contribution in [0.5, 0.6) is 5.75 Å². The number of hydrogen-bond donors (Lipinski definition) is 2. The zero-order chi connectivity index (χ0) is 22.2. The van der Waals surface area contributed by atoms with Gasteiger partial charge in [-0.2, -0.15) is 5.10 Å². The number of halogens is 2. The molecule has 0 saturated heterocycles. The summed E-state index contributed by atoms with van der Waals surface area (Å²) >= 11 is 12.0. The molecule has 2 amide bonds. The molecule has 0 atom stereocenters. The Morgan fingerprint density at radius 3 is 2.48 bits per heavy atom. The highest BCUT2D eigenvalue weighted by atomic mass is 35.5. The number of rotatable bonds is 6. The highest BCUT2D eigenvalue weighted by Crippen LogP contribution is 2.20. The molecule has 0 aromatic heterocycles. The number of carbonyl (C=O) groups is 2. The molecule has 0 heterocycles. The van der Waals surface area contributed by atoms with Gasteiger partial charge in [-0.3, -0.25) is 9.59 Å². The summed E-state index contributed by atoms with van der Waals surface area (Å²) in [5.41, 5.74) is 5.17. The molecule has 6 nitrogen and oxygen atoms in total. The third-order valence-electron chi connectivity index (χ3n) is 4.19. The molecule has 0 radical (unpaired) electrons. The van der Waals surface area contributed by atoms with Crippen LogP contribution in [-0.2, 0) is 16.2 Å². The van der Waals surface area contributed by atoms with Gasteiger partial charge in [-0.25, -0.2) is 5.43 Å². The number of benzene rings is 3. The van der Waals surface area contributed by atoms with E-state index in [4.69, 9.17) is 27.9 Å². The van der Waals surface area contributed by atoms with E-state index in [-0.39, 0.29) is 0 Å². The third kappa shape index (κ3) is 6.84. The number of nitrogens with one attached hydrogen (secondary N) is 2. The van der Waals surface area contributed by atoms with E-state index >= 15 is 0 Å². The molecule has 0 spiro atoms. The molecule has 0 bridgehead atoms. The number of amides is 2. The molecular formula is C23H19Cl2N3O3. The van der Waals surface area contributed by atoms with Gasteiger partial charge in [0.1, 0.15) is 12.4 Å². The lowest BCUT2D eigenvalue weighted by Crippen LogP contribution is -2.32. The monoisotopic (exact) mass is 455 g/mol. The van der Waals surface area contributed by atoms with Crippen LogP contribution in [0.1, 0.15) is 16.7 Å². The van der Waals surface area contributed by atoms with Crippen LogP contribution in [0, 0.1) is 6.92 Å². The maximum atomic E-state index is 11.9. The Labute approximate surface area is 189 Å². The summed E-state index contributed by atoms with van der Waals surface area (Å²) < 4.78 is 5.71. The van der Waals surface area contributed by atoms with Gasteiger partial charge >= 0.3 is 11.8 Å². The van der Waals surface area contributed by atoms with Gasteiger partial charge in [0.05, 0.1) is 6.21 Å². The maximum Gasteiger partial charge on any atom is 0.329 e. The Morgan fingerprint density at radius 1 is 1.00 bits per heavy atom. The van der Waals surface area contributed by atoms with Crippen LogP contribution in [-0.4, -0.2) is 18.0 Å². The van der Waals surface area contributed by atoms with E-state index in [1.807, 2.05) is 25.1 Å². The van der Waals surface area contributed by atoms with Crippen molar-refractivity contribution in [2.45, 2.75) is 13.5 Å². The summed E-state index contributed by atoms with van der Waals surface area (Å²) in [4.78, 5) is 23.8. The molecule has 2 N–H and O–H groups in total. The molecule has 3 aromatic rings. The standard InChI is InChI=1S/C23H19Cl2N3O3/c1-15-5-8-19(12-21(15)25)27-22(29)23(30)28-26-13-16-6-9-20(10-7-16)31-14-17-3-2-4-18(24)11-17/h2-13H,14H2,1H3,(H,27,29)(H,28,30). The van der Waals surface area contributed by atoms with Gasteiger partial charge in [0, 0.05) is 15.7 Å². The van der Waals surface area contributed by atoms with E-state index in [0.29, 0.717) is 28.1 Å². The van der Waals surface area contributed by atoms with Crippen molar-refractivity contribution in [1.82, 2.24) is 5.43 Å². The van der Waals surface area contributed by atoms with Crippen LogP contribution >= 0.6 is 23.2 Å². The summed E-state index contributed by atoms with van der Waals surface area (Å²) in [6.45, 7) is 2.23. The molecule has 0 aliphatic heterocycles. The average Bonchev–Trinajstić information content (AvgIpc) is 2.75. The van der Waals surface area contributed by atoms with Gasteiger partial charge in [-0.1, -0.05) is 41.4 Å². The lowest BCUT2D eigenvalue weighted by Gasteiger charge is -2.07. The summed E-state index contributed by atoms with van der Waals surface area (Å²) in [7, 11) is 0. The first-order chi connectivity index (χ1) is 14.9. The Morgan fingerprint density at radius 2 is 1.77 bits per heavy atom. The molecule has 0 saturated carbocycles. The summed E-state index contributed by atoms with van der Waals surface area (Å²) in [6.07, 6.45) is 1.43. The fourth-order valence-corrected chi connectivity index (χ4v) is 2.91. The number of carbonyl (C=O) groups excluding carboxylic acids is 2. The molecular weight excluding hydrogens is 437 g/mol. The van der Waals surface area contributed by atoms with Gasteiger partial charge in [-0.15, -0.1) is 0 Å². The zero-order valence-electron chi connectivity index (χ0n) is 16.6. The highest BCUT2D eigenvalue weighted by Gasteiger charge is 2.13. The summed E-state index contributed by atoms with van der Waals surface area (Å²) in [6, 6.07) is 19.5. The minimum atomic E-state index is -0.894. The predicted octanol–water partition coefficient (Wildman–Crippen LogP) is 4.97. The van der Waals surface area contributed by atoms with Gasteiger partial charge < -0.3 is 10.1 Å². The number of hydrazone groups is 1. The fraction of sp³-hybridized carbons (Fsp3) is 0.0870. The molecule has 3 aromatic carbocycles. The van der Waals surface area contributed by atoms with Crippen LogP contribution < -0.4 is 15.5 Å². The third-order valence-corrected chi connectivity index (χ3v) is 4.83. The Hall–Kier alpha value is -3.35. The second-order valence-corrected chi connectivity index (χ2v) is 7.45. The van der Waals surface area contributed by atoms with Gasteiger partial charge in [0.25, 0.3) is 0 Å². The van der Waals surface area contributed by atoms with E-state index in [0.717, 1.165) is 16.7 Å². The second kappa shape index (κ2) is 10.6. The first kappa shape index (κ1) is 22.3. The lowest BCUT2D eigenvalue weighted by molar-refractivity contribution is -0.136. The molecule has 0 aliphatic carbocycles. The van der Waals surface area contributed by atoms with E-state index < -0.39 is 11.8 Å². The molecule has 8 heteroatoms. The Bertz CT molecular complexity index is 1120. The van der Waals surface area contributed by atoms with Crippen molar-refractivity contribution in [3.63, 3.8) is 0 Å². The van der Waals surface area contributed by atoms with Crippen LogP contribution in [0.4, 0.5) is 5.69 Å². The maximum absolute atomic E-state index is 11.9. The second-order valence-electron chi connectivity index (χ2n) is 6.60. The van der Waals surface area contributed by atoms with Gasteiger partial charge in [0.2, 0.25) is 0 Å². The molecule has 158 valence electrons. The number of nitrogens with zero attached hydrogens (tertiary/aromatic N) is 1. The summed E-state index contributed by atoms with van der Waals surface area (Å²) in [5, 5.41) is 7.42. The number of hydrogen-bond acceptors (Lipinski definition) is 4. The minimum Gasteiger partial charge on any atom is -0.489 e. The Balaban J connectivity index is 1.48. The molecule has 0 fully saturated rings. The van der Waals surface area contributed by atoms with Crippen LogP contribution in [0.25, 0.3) is 0 Å². The predicted molar refractivity (Wildman–Crippen MR) is 123 cm³/mol. The highest BCUT2D eigenvalue weighted by molar-refractivity contribution is 6.39. The van der Waals surface area contributed by atoms with Crippen LogP contribution in [0.3, 0.4) is 0 Å². The van der Waals surface area contributed by atoms with E-state index in [2.05, 4.69) is 15.8 Å². The van der Waals surface area contributed by atoms with Crippen molar-refractivity contribution in [2.24, 2.45) is 5.10 Å². The lowest BCUT2D eigenvalue weighted by atomic mass is 10.2. The SMILES string of the molecule is Cc1ccc(NC(=O)C(=O)NN=Cc2ccc(OCc3cccc(Cl)c3)cc2)cc1Cl. The molecule has 31 heavy (non-hydrogen) atoms. The fourth-order valence-electron chi connectivity index (χ4n) is 2.52. The topological polar surface area (TPSA) is 79.8 Å². The van der Waals surface area contributed by atoms with Crippen molar-refractivity contribution in [2.75, 3.05) is 5.32 Å². The van der Waals surface area contributed by atoms with Crippen molar-refractivity contribution < 1.29 is 14.3 Å². The quantitative estimate of drug-likeness (QED) is 0.312. The van der Waals surface area contributed by atoms with Gasteiger partial charge in [-0.05, 0) is 72.1 Å². The number of anilines is 1. The molecule has 3 rings (SSSR count). The molecule has 0 unspecified atom stereocenters. The van der Waals surface area contributed by atoms with E-state index in [1.165, 1.54) is 6.21 Å².